The van der Waals surface area contributed by atoms with Gasteiger partial charge in [-0.25, -0.2) is 8.42 Å². The van der Waals surface area contributed by atoms with Crippen LogP contribution in [0.1, 0.15) is 39.0 Å². The van der Waals surface area contributed by atoms with Crippen LogP contribution in [0.4, 0.5) is 11.4 Å². The van der Waals surface area contributed by atoms with Gasteiger partial charge < -0.3 is 30.0 Å². The van der Waals surface area contributed by atoms with Crippen LogP contribution in [0.3, 0.4) is 0 Å². The normalized spacial score (nSPS) is 17.4. The van der Waals surface area contributed by atoms with Crippen LogP contribution in [-0.2, 0) is 14.9 Å². The van der Waals surface area contributed by atoms with E-state index in [2.05, 4.69) is 46.3 Å². The summed E-state index contributed by atoms with van der Waals surface area (Å²) in [6.45, 7) is 4.38. The van der Waals surface area contributed by atoms with Gasteiger partial charge >= 0.3 is 0 Å². The molecule has 2 unspecified atom stereocenters. The molecule has 0 spiro atoms. The van der Waals surface area contributed by atoms with E-state index < -0.39 is 22.1 Å². The van der Waals surface area contributed by atoms with Crippen molar-refractivity contribution >= 4 is 27.4 Å². The number of amides is 1. The van der Waals surface area contributed by atoms with Crippen molar-refractivity contribution in [3.05, 3.63) is 121 Å². The second-order valence-corrected chi connectivity index (χ2v) is 14.7. The monoisotopic (exact) mass is 723 g/mol. The van der Waals surface area contributed by atoms with Gasteiger partial charge in [-0.15, -0.1) is 0 Å². The Bertz CT molecular complexity index is 2020. The quantitative estimate of drug-likeness (QED) is 0.112. The van der Waals surface area contributed by atoms with Gasteiger partial charge in [0, 0.05) is 43.4 Å². The number of ether oxygens (including phenoxy) is 2. The van der Waals surface area contributed by atoms with E-state index in [9.17, 15) is 17.8 Å². The predicted molar refractivity (Wildman–Crippen MR) is 202 cm³/mol. The predicted octanol–water partition coefficient (Wildman–Crippen LogP) is 4.80. The zero-order valence-electron chi connectivity index (χ0n) is 29.6. The molecular formula is C41H47N4O6S+. The van der Waals surface area contributed by atoms with E-state index in [0.29, 0.717) is 38.5 Å². The van der Waals surface area contributed by atoms with Gasteiger partial charge in [0.05, 0.1) is 35.4 Å². The molecule has 10 nitrogen and oxygen atoms in total. The number of anilines is 1. The first-order valence-electron chi connectivity index (χ1n) is 18.0. The maximum atomic E-state index is 12.1. The molecule has 6 rings (SSSR count). The van der Waals surface area contributed by atoms with Crippen LogP contribution in [-0.4, -0.2) is 57.0 Å². The highest BCUT2D eigenvalue weighted by molar-refractivity contribution is 7.85. The van der Waals surface area contributed by atoms with Gasteiger partial charge in [-0.05, 0) is 65.8 Å². The standard InChI is InChI=1S/C41H46N4O6S/c1-30(27-41-45(24-11-25-52(47,48)49)36-29-34(18-20-38(36)51-41)32-14-7-3-8-15-32)26-40-44(23-10-4-9-16-39(46)43-22-21-42)35-28-33(17-19-37(35)50-40)31-12-5-2-6-13-31/h2-3,5-8,12-15,17-20,26-29,41H,4,9-11,16,21-25,42H2,1H3,(H,43,46)(H,47,48,49)/p+1/b30-27+,40-26-. The molecule has 0 bridgehead atoms. The van der Waals surface area contributed by atoms with E-state index in [1.54, 1.807) is 0 Å². The van der Waals surface area contributed by atoms with E-state index in [1.807, 2.05) is 85.8 Å². The molecule has 0 aromatic heterocycles. The Labute approximate surface area is 306 Å². The number of quaternary nitrogens is 2. The van der Waals surface area contributed by atoms with E-state index >= 15 is 0 Å². The lowest BCUT2D eigenvalue weighted by Gasteiger charge is -2.20. The van der Waals surface area contributed by atoms with Crippen molar-refractivity contribution in [2.24, 2.45) is 0 Å². The van der Waals surface area contributed by atoms with Crippen LogP contribution in [0, 0.1) is 0 Å². The number of benzene rings is 4. The molecule has 2 heterocycles. The zero-order chi connectivity index (χ0) is 36.5. The molecule has 2 atom stereocenters. The Morgan fingerprint density at radius 1 is 0.885 bits per heavy atom. The van der Waals surface area contributed by atoms with Crippen molar-refractivity contribution in [1.82, 2.24) is 5.32 Å². The highest BCUT2D eigenvalue weighted by Crippen LogP contribution is 2.42. The summed E-state index contributed by atoms with van der Waals surface area (Å²) in [7, 11) is -4.35. The maximum absolute atomic E-state index is 12.1. The topological polar surface area (TPSA) is 140 Å². The summed E-state index contributed by atoms with van der Waals surface area (Å²) in [6.07, 6.45) is 6.85. The number of hydrogen-bond donors (Lipinski definition) is 3. The fourth-order valence-corrected chi connectivity index (χ4v) is 7.18. The molecule has 0 aliphatic carbocycles. The van der Waals surface area contributed by atoms with E-state index in [0.717, 1.165) is 74.9 Å². The van der Waals surface area contributed by atoms with E-state index in [-0.39, 0.29) is 12.3 Å². The Morgan fingerprint density at radius 3 is 2.23 bits per heavy atom. The van der Waals surface area contributed by atoms with Crippen LogP contribution in [0.25, 0.3) is 22.3 Å². The maximum Gasteiger partial charge on any atom is 0.257 e. The minimum absolute atomic E-state index is 0.0609. The highest BCUT2D eigenvalue weighted by Gasteiger charge is 2.35. The largest absolute Gasteiger partial charge is 0.748 e. The van der Waals surface area contributed by atoms with E-state index in [4.69, 9.17) is 9.47 Å². The fourth-order valence-electron chi connectivity index (χ4n) is 6.69. The lowest BCUT2D eigenvalue weighted by Crippen LogP contribution is -3.10. The van der Waals surface area contributed by atoms with Gasteiger partial charge in [0.2, 0.25) is 11.8 Å². The molecule has 0 fully saturated rings. The molecular weight excluding hydrogens is 677 g/mol. The lowest BCUT2D eigenvalue weighted by atomic mass is 10.0. The van der Waals surface area contributed by atoms with Crippen molar-refractivity contribution in [1.29, 1.82) is 0 Å². The number of fused-ring (bicyclic) bond motifs is 2. The van der Waals surface area contributed by atoms with Gasteiger partial charge in [-0.2, -0.15) is 0 Å². The molecule has 0 radical (unpaired) electrons. The number of hydrogen-bond acceptors (Lipinski definition) is 7. The number of allylic oxidation sites excluding steroid dienone is 2. The van der Waals surface area contributed by atoms with Gasteiger partial charge in [0.1, 0.15) is 0 Å². The minimum Gasteiger partial charge on any atom is -0.748 e. The van der Waals surface area contributed by atoms with Crippen LogP contribution >= 0.6 is 0 Å². The van der Waals surface area contributed by atoms with E-state index in [1.165, 1.54) is 0 Å². The van der Waals surface area contributed by atoms with Crippen molar-refractivity contribution in [3.63, 3.8) is 0 Å². The van der Waals surface area contributed by atoms with Crippen molar-refractivity contribution < 1.29 is 37.9 Å². The smallest absolute Gasteiger partial charge is 0.257 e. The summed E-state index contributed by atoms with van der Waals surface area (Å²) >= 11 is 0. The van der Waals surface area contributed by atoms with Crippen molar-refractivity contribution in [2.75, 3.05) is 36.8 Å². The Kier molecular flexibility index (Phi) is 12.1. The number of nitrogens with one attached hydrogen (secondary N) is 2. The second kappa shape index (κ2) is 17.1. The Hall–Kier alpha value is -4.94. The average Bonchev–Trinajstić information content (AvgIpc) is 3.66. The SMILES string of the molecule is CC(/C=C1\Oc2ccc(-c3ccccc3)cc2N1CCCCCC(=O)NCC[NH3+])=C\C1Oc2ccc(-c3ccccc3)cc2[NH+]1CCCS(=O)(=O)[O-]. The number of carbonyl (C=O) groups is 1. The van der Waals surface area contributed by atoms with Gasteiger partial charge in [-0.3, -0.25) is 9.69 Å². The number of unbranched alkanes of at least 4 members (excludes halogenated alkanes) is 2. The summed E-state index contributed by atoms with van der Waals surface area (Å²) in [4.78, 5) is 15.2. The number of rotatable bonds is 16. The molecule has 2 aliphatic rings. The minimum atomic E-state index is -4.35. The Balaban J connectivity index is 1.24. The third kappa shape index (κ3) is 9.48. The Morgan fingerprint density at radius 2 is 1.56 bits per heavy atom. The summed E-state index contributed by atoms with van der Waals surface area (Å²) in [5, 5.41) is 2.89. The molecule has 5 N–H and O–H groups in total. The first-order valence-corrected chi connectivity index (χ1v) is 19.5. The third-order valence-corrected chi connectivity index (χ3v) is 10.0. The summed E-state index contributed by atoms with van der Waals surface area (Å²) in [6, 6.07) is 32.6. The fraction of sp³-hybridized carbons (Fsp3) is 0.293. The van der Waals surface area contributed by atoms with Gasteiger partial charge in [0.15, 0.2) is 17.2 Å². The second-order valence-electron chi connectivity index (χ2n) is 13.2. The molecule has 11 heteroatoms. The van der Waals surface area contributed by atoms with Crippen LogP contribution in [0.5, 0.6) is 11.5 Å². The summed E-state index contributed by atoms with van der Waals surface area (Å²) in [5.74, 6) is 1.82. The molecule has 0 saturated carbocycles. The average molecular weight is 724 g/mol. The summed E-state index contributed by atoms with van der Waals surface area (Å²) < 4.78 is 47.4. The molecule has 4 aromatic carbocycles. The van der Waals surface area contributed by atoms with Gasteiger partial charge in [-0.1, -0.05) is 79.2 Å². The highest BCUT2D eigenvalue weighted by atomic mass is 32.2. The van der Waals surface area contributed by atoms with Crippen LogP contribution in [0.2, 0.25) is 0 Å². The number of carbonyl (C=O) groups excluding carboxylic acids is 1. The molecule has 52 heavy (non-hydrogen) atoms. The van der Waals surface area contributed by atoms with Crippen molar-refractivity contribution in [3.8, 4) is 33.8 Å². The lowest BCUT2D eigenvalue weighted by molar-refractivity contribution is -0.862. The third-order valence-electron chi connectivity index (χ3n) is 9.26. The van der Waals surface area contributed by atoms with Crippen LogP contribution in [0.15, 0.2) is 121 Å². The summed E-state index contributed by atoms with van der Waals surface area (Å²) in [5.41, 5.74) is 10.9. The van der Waals surface area contributed by atoms with Crippen molar-refractivity contribution in [2.45, 2.75) is 45.3 Å². The molecule has 2 aliphatic heterocycles. The van der Waals surface area contributed by atoms with Crippen LogP contribution < -0.4 is 30.3 Å². The number of nitrogens with zero attached hydrogens (tertiary/aromatic N) is 1. The molecule has 0 saturated heterocycles. The first-order chi connectivity index (χ1) is 25.2. The zero-order valence-corrected chi connectivity index (χ0v) is 30.4. The molecule has 272 valence electrons. The van der Waals surface area contributed by atoms with Gasteiger partial charge in [0.25, 0.3) is 6.23 Å². The molecule has 1 amide bonds. The first kappa shape index (κ1) is 36.8. The molecule has 4 aromatic rings.